The van der Waals surface area contributed by atoms with E-state index in [2.05, 4.69) is 21.4 Å². The molecule has 3 nitrogen and oxygen atoms in total. The van der Waals surface area contributed by atoms with Crippen LogP contribution in [0.3, 0.4) is 0 Å². The van der Waals surface area contributed by atoms with Gasteiger partial charge in [-0.1, -0.05) is 6.07 Å². The van der Waals surface area contributed by atoms with E-state index in [1.807, 2.05) is 12.4 Å². The van der Waals surface area contributed by atoms with Crippen LogP contribution < -0.4 is 0 Å². The van der Waals surface area contributed by atoms with E-state index in [1.165, 1.54) is 28.4 Å². The average Bonchev–Trinajstić information content (AvgIpc) is 3.11. The Kier molecular flexibility index (Phi) is 4.31. The maximum absolute atomic E-state index is 13.7. The fraction of sp³-hybridized carbons (Fsp3) is 0.188. The Morgan fingerprint density at radius 2 is 1.91 bits per heavy atom. The van der Waals surface area contributed by atoms with Gasteiger partial charge in [0.2, 0.25) is 0 Å². The number of hydrogen-bond acceptors (Lipinski definition) is 3. The topological polar surface area (TPSA) is 21.1 Å². The molecule has 0 aliphatic carbocycles. The van der Waals surface area contributed by atoms with Gasteiger partial charge >= 0.3 is 0 Å². The van der Waals surface area contributed by atoms with Crippen molar-refractivity contribution in [2.24, 2.45) is 0 Å². The second kappa shape index (κ2) is 6.37. The van der Waals surface area contributed by atoms with Gasteiger partial charge in [-0.15, -0.1) is 0 Å². The Balaban J connectivity index is 1.74. The van der Waals surface area contributed by atoms with Gasteiger partial charge in [0.15, 0.2) is 11.6 Å². The van der Waals surface area contributed by atoms with Crippen LogP contribution in [-0.4, -0.2) is 21.7 Å². The molecule has 0 saturated carbocycles. The molecule has 0 unspecified atom stereocenters. The Bertz CT molecular complexity index is 732. The quantitative estimate of drug-likeness (QED) is 0.712. The lowest BCUT2D eigenvalue weighted by atomic mass is 10.3. The van der Waals surface area contributed by atoms with E-state index in [-0.39, 0.29) is 5.69 Å². The lowest BCUT2D eigenvalue weighted by molar-refractivity contribution is 0.314. The zero-order chi connectivity index (χ0) is 15.5. The Labute approximate surface area is 131 Å². The molecule has 0 atom stereocenters. The van der Waals surface area contributed by atoms with Gasteiger partial charge < -0.3 is 0 Å². The summed E-state index contributed by atoms with van der Waals surface area (Å²) >= 11 is 1.66. The van der Waals surface area contributed by atoms with E-state index in [0.29, 0.717) is 6.54 Å². The largest absolute Gasteiger partial charge is 0.296 e. The Morgan fingerprint density at radius 3 is 2.59 bits per heavy atom. The Hall–Kier alpha value is -2.05. The Morgan fingerprint density at radius 1 is 1.14 bits per heavy atom. The summed E-state index contributed by atoms with van der Waals surface area (Å²) in [5.41, 5.74) is 1.86. The zero-order valence-corrected chi connectivity index (χ0v) is 12.9. The van der Waals surface area contributed by atoms with Gasteiger partial charge in [-0.25, -0.2) is 13.5 Å². The molecule has 22 heavy (non-hydrogen) atoms. The monoisotopic (exact) mass is 319 g/mol. The van der Waals surface area contributed by atoms with Crippen molar-refractivity contribution < 1.29 is 8.78 Å². The highest BCUT2D eigenvalue weighted by molar-refractivity contribution is 7.07. The van der Waals surface area contributed by atoms with Crippen LogP contribution >= 0.6 is 11.3 Å². The fourth-order valence-electron chi connectivity index (χ4n) is 2.31. The molecule has 2 aromatic heterocycles. The molecule has 0 bridgehead atoms. The molecule has 6 heteroatoms. The number of para-hydroxylation sites is 1. The zero-order valence-electron chi connectivity index (χ0n) is 12.0. The molecular formula is C16H15F2N3S. The fourth-order valence-corrected chi connectivity index (χ4v) is 2.96. The SMILES string of the molecule is CN(Cc1ccsc1)Cc1ccn(-c2c(F)cccc2F)n1. The van der Waals surface area contributed by atoms with Crippen LogP contribution in [-0.2, 0) is 13.1 Å². The van der Waals surface area contributed by atoms with E-state index < -0.39 is 11.6 Å². The molecule has 0 N–H and O–H groups in total. The van der Waals surface area contributed by atoms with Gasteiger partial charge in [0.05, 0.1) is 5.69 Å². The third kappa shape index (κ3) is 3.23. The number of benzene rings is 1. The maximum Gasteiger partial charge on any atom is 0.151 e. The van der Waals surface area contributed by atoms with E-state index in [9.17, 15) is 8.78 Å². The third-order valence-electron chi connectivity index (χ3n) is 3.28. The van der Waals surface area contributed by atoms with Gasteiger partial charge in [-0.3, -0.25) is 4.90 Å². The second-order valence-corrected chi connectivity index (χ2v) is 5.91. The second-order valence-electron chi connectivity index (χ2n) is 5.13. The summed E-state index contributed by atoms with van der Waals surface area (Å²) in [6.45, 7) is 1.42. The van der Waals surface area contributed by atoms with Crippen molar-refractivity contribution in [1.29, 1.82) is 0 Å². The first-order chi connectivity index (χ1) is 10.6. The molecule has 2 heterocycles. The number of hydrogen-bond donors (Lipinski definition) is 0. The van der Waals surface area contributed by atoms with Crippen LogP contribution in [0.15, 0.2) is 47.3 Å². The minimum Gasteiger partial charge on any atom is -0.296 e. The smallest absolute Gasteiger partial charge is 0.151 e. The first-order valence-corrected chi connectivity index (χ1v) is 7.76. The summed E-state index contributed by atoms with van der Waals surface area (Å²) in [5, 5.41) is 8.41. The summed E-state index contributed by atoms with van der Waals surface area (Å²) in [6.07, 6.45) is 1.58. The van der Waals surface area contributed by atoms with Gasteiger partial charge in [-0.05, 0) is 47.6 Å². The van der Waals surface area contributed by atoms with E-state index in [0.717, 1.165) is 12.2 Å². The van der Waals surface area contributed by atoms with Crippen molar-refractivity contribution in [3.63, 3.8) is 0 Å². The summed E-state index contributed by atoms with van der Waals surface area (Å²) < 4.78 is 28.7. The highest BCUT2D eigenvalue weighted by atomic mass is 32.1. The highest BCUT2D eigenvalue weighted by Gasteiger charge is 2.12. The first kappa shape index (κ1) is 14.9. The van der Waals surface area contributed by atoms with Crippen molar-refractivity contribution in [2.45, 2.75) is 13.1 Å². The summed E-state index contributed by atoms with van der Waals surface area (Å²) in [4.78, 5) is 2.10. The molecular weight excluding hydrogens is 304 g/mol. The first-order valence-electron chi connectivity index (χ1n) is 6.82. The van der Waals surface area contributed by atoms with Crippen molar-refractivity contribution >= 4 is 11.3 Å². The van der Waals surface area contributed by atoms with Gasteiger partial charge in [0.25, 0.3) is 0 Å². The van der Waals surface area contributed by atoms with Crippen LogP contribution in [0.1, 0.15) is 11.3 Å². The maximum atomic E-state index is 13.7. The van der Waals surface area contributed by atoms with E-state index >= 15 is 0 Å². The molecule has 114 valence electrons. The number of rotatable bonds is 5. The van der Waals surface area contributed by atoms with Crippen LogP contribution in [0.25, 0.3) is 5.69 Å². The lowest BCUT2D eigenvalue weighted by Crippen LogP contribution is -2.17. The van der Waals surface area contributed by atoms with Crippen LogP contribution in [0.4, 0.5) is 8.78 Å². The van der Waals surface area contributed by atoms with Crippen molar-refractivity contribution in [2.75, 3.05) is 7.05 Å². The van der Waals surface area contributed by atoms with Gasteiger partial charge in [-0.2, -0.15) is 16.4 Å². The molecule has 0 amide bonds. The van der Waals surface area contributed by atoms with Crippen LogP contribution in [0.2, 0.25) is 0 Å². The number of nitrogens with zero attached hydrogens (tertiary/aromatic N) is 3. The predicted octanol–water partition coefficient (Wildman–Crippen LogP) is 3.84. The highest BCUT2D eigenvalue weighted by Crippen LogP contribution is 2.17. The molecule has 0 aliphatic heterocycles. The van der Waals surface area contributed by atoms with Gasteiger partial charge in [0, 0.05) is 19.3 Å². The molecule has 3 aromatic rings. The molecule has 0 radical (unpaired) electrons. The minimum atomic E-state index is -0.624. The van der Waals surface area contributed by atoms with Gasteiger partial charge in [0.1, 0.15) is 5.69 Å². The van der Waals surface area contributed by atoms with E-state index in [4.69, 9.17) is 0 Å². The third-order valence-corrected chi connectivity index (χ3v) is 4.01. The minimum absolute atomic E-state index is 0.144. The van der Waals surface area contributed by atoms with Crippen LogP contribution in [0, 0.1) is 11.6 Å². The summed E-state index contributed by atoms with van der Waals surface area (Å²) in [7, 11) is 1.99. The normalized spacial score (nSPS) is 11.3. The standard InChI is InChI=1S/C16H15F2N3S/c1-20(9-12-6-8-22-11-12)10-13-5-7-21(19-13)16-14(17)3-2-4-15(16)18/h2-8,11H,9-10H2,1H3. The number of halogens is 2. The number of thiophene rings is 1. The lowest BCUT2D eigenvalue weighted by Gasteiger charge is -2.14. The summed E-state index contributed by atoms with van der Waals surface area (Å²) in [6, 6.07) is 7.64. The molecule has 0 saturated heterocycles. The van der Waals surface area contributed by atoms with Crippen molar-refractivity contribution in [3.05, 3.63) is 70.2 Å². The molecule has 1 aromatic carbocycles. The molecule has 0 spiro atoms. The summed E-state index contributed by atoms with van der Waals surface area (Å²) in [5.74, 6) is -1.25. The molecule has 0 fully saturated rings. The molecule has 3 rings (SSSR count). The molecule has 0 aliphatic rings. The van der Waals surface area contributed by atoms with Crippen molar-refractivity contribution in [3.8, 4) is 5.69 Å². The van der Waals surface area contributed by atoms with Crippen molar-refractivity contribution in [1.82, 2.24) is 14.7 Å². The predicted molar refractivity (Wildman–Crippen MR) is 83.0 cm³/mol. The average molecular weight is 319 g/mol. The number of aromatic nitrogens is 2. The van der Waals surface area contributed by atoms with Crippen LogP contribution in [0.5, 0.6) is 0 Å². The van der Waals surface area contributed by atoms with E-state index in [1.54, 1.807) is 23.6 Å².